The Morgan fingerprint density at radius 2 is 2.06 bits per heavy atom. The molecular formula is C12H12ClFO3. The maximum absolute atomic E-state index is 13.3. The Hall–Kier alpha value is -1.42. The number of carboxylic acids is 1. The van der Waals surface area contributed by atoms with Crippen molar-refractivity contribution in [1.82, 2.24) is 0 Å². The number of benzene rings is 1. The van der Waals surface area contributed by atoms with Gasteiger partial charge in [-0.15, -0.1) is 0 Å². The van der Waals surface area contributed by atoms with E-state index in [1.165, 1.54) is 19.9 Å². The van der Waals surface area contributed by atoms with Crippen molar-refractivity contribution in [3.63, 3.8) is 0 Å². The van der Waals surface area contributed by atoms with E-state index in [9.17, 15) is 14.0 Å². The van der Waals surface area contributed by atoms with Gasteiger partial charge in [-0.2, -0.15) is 0 Å². The van der Waals surface area contributed by atoms with Crippen molar-refractivity contribution in [2.45, 2.75) is 20.3 Å². The molecule has 5 heteroatoms. The molecule has 1 rings (SSSR count). The van der Waals surface area contributed by atoms with E-state index in [2.05, 4.69) is 0 Å². The number of halogens is 2. The predicted octanol–water partition coefficient (Wildman–Crippen LogP) is 3.08. The number of hydrogen-bond acceptors (Lipinski definition) is 2. The zero-order chi connectivity index (χ0) is 13.2. The highest BCUT2D eigenvalue weighted by molar-refractivity contribution is 6.34. The summed E-state index contributed by atoms with van der Waals surface area (Å²) in [5.41, 5.74) is 0.376. The number of Topliss-reactive ketones (excluding diaryl/α,β-unsaturated/α-hetero) is 1. The first kappa shape index (κ1) is 13.6. The van der Waals surface area contributed by atoms with Crippen LogP contribution in [0.1, 0.15) is 29.3 Å². The fourth-order valence-electron chi connectivity index (χ4n) is 1.34. The zero-order valence-corrected chi connectivity index (χ0v) is 10.2. The molecule has 0 spiro atoms. The Bertz CT molecular complexity index is 471. The third-order valence-electron chi connectivity index (χ3n) is 2.46. The molecule has 0 heterocycles. The van der Waals surface area contributed by atoms with Gasteiger partial charge in [0.25, 0.3) is 0 Å². The van der Waals surface area contributed by atoms with Gasteiger partial charge in [0.05, 0.1) is 10.9 Å². The van der Waals surface area contributed by atoms with E-state index in [1.54, 1.807) is 0 Å². The first-order valence-electron chi connectivity index (χ1n) is 5.04. The zero-order valence-electron chi connectivity index (χ0n) is 9.46. The second-order valence-electron chi connectivity index (χ2n) is 3.95. The molecule has 1 atom stereocenters. The summed E-state index contributed by atoms with van der Waals surface area (Å²) in [4.78, 5) is 22.3. The molecule has 0 amide bonds. The van der Waals surface area contributed by atoms with Crippen LogP contribution in [0, 0.1) is 18.7 Å². The minimum atomic E-state index is -1.07. The van der Waals surface area contributed by atoms with Crippen molar-refractivity contribution in [1.29, 1.82) is 0 Å². The number of carboxylic acid groups (broad SMARTS) is 1. The van der Waals surface area contributed by atoms with Crippen LogP contribution in [0.3, 0.4) is 0 Å². The van der Waals surface area contributed by atoms with Gasteiger partial charge < -0.3 is 5.11 Å². The molecular weight excluding hydrogens is 247 g/mol. The quantitative estimate of drug-likeness (QED) is 0.845. The van der Waals surface area contributed by atoms with Crippen LogP contribution in [0.2, 0.25) is 5.02 Å². The summed E-state index contributed by atoms with van der Waals surface area (Å²) in [5, 5.41) is 8.83. The third kappa shape index (κ3) is 3.27. The number of aryl methyl sites for hydroxylation is 1. The highest BCUT2D eigenvalue weighted by Crippen LogP contribution is 2.23. The Morgan fingerprint density at radius 1 is 1.47 bits per heavy atom. The van der Waals surface area contributed by atoms with E-state index in [-0.39, 0.29) is 17.0 Å². The Kier molecular flexibility index (Phi) is 4.23. The number of ketones is 1. The standard InChI is InChI=1S/C12H12ClFO3/c1-6-3-9(13)8(5-10(6)14)11(15)4-7(2)12(16)17/h3,5,7H,4H2,1-2H3,(H,16,17). The Balaban J connectivity index is 2.97. The van der Waals surface area contributed by atoms with Crippen LogP contribution < -0.4 is 0 Å². The average molecular weight is 259 g/mol. The SMILES string of the molecule is Cc1cc(Cl)c(C(=O)CC(C)C(=O)O)cc1F. The number of hydrogen-bond donors (Lipinski definition) is 1. The molecule has 0 bridgehead atoms. The normalized spacial score (nSPS) is 12.2. The summed E-state index contributed by atoms with van der Waals surface area (Å²) in [7, 11) is 0. The molecule has 1 aromatic carbocycles. The van der Waals surface area contributed by atoms with Gasteiger partial charge in [-0.25, -0.2) is 4.39 Å². The molecule has 0 saturated heterocycles. The molecule has 0 fully saturated rings. The van der Waals surface area contributed by atoms with Crippen molar-refractivity contribution >= 4 is 23.4 Å². The van der Waals surface area contributed by atoms with Crippen LogP contribution in [0.15, 0.2) is 12.1 Å². The highest BCUT2D eigenvalue weighted by Gasteiger charge is 2.19. The summed E-state index contributed by atoms with van der Waals surface area (Å²) in [6.45, 7) is 2.95. The molecule has 0 aliphatic carbocycles. The first-order chi connectivity index (χ1) is 7.82. The predicted molar refractivity (Wildman–Crippen MR) is 61.9 cm³/mol. The number of carbonyl (C=O) groups is 2. The molecule has 3 nitrogen and oxygen atoms in total. The summed E-state index contributed by atoms with van der Waals surface area (Å²) in [6.07, 6.45) is -0.197. The van der Waals surface area contributed by atoms with Crippen LogP contribution in [0.5, 0.6) is 0 Å². The molecule has 0 aliphatic rings. The lowest BCUT2D eigenvalue weighted by Crippen LogP contribution is -2.15. The van der Waals surface area contributed by atoms with Crippen molar-refractivity contribution < 1.29 is 19.1 Å². The van der Waals surface area contributed by atoms with Crippen molar-refractivity contribution in [2.24, 2.45) is 5.92 Å². The Labute approximate surface area is 103 Å². The molecule has 0 aromatic heterocycles. The minimum absolute atomic E-state index is 0.0304. The first-order valence-corrected chi connectivity index (χ1v) is 5.42. The largest absolute Gasteiger partial charge is 0.481 e. The van der Waals surface area contributed by atoms with Crippen LogP contribution >= 0.6 is 11.6 Å². The molecule has 1 N–H and O–H groups in total. The maximum atomic E-state index is 13.3. The van der Waals surface area contributed by atoms with E-state index < -0.39 is 23.5 Å². The average Bonchev–Trinajstić information content (AvgIpc) is 2.22. The second-order valence-corrected chi connectivity index (χ2v) is 4.36. The van der Waals surface area contributed by atoms with E-state index in [1.807, 2.05) is 0 Å². The lowest BCUT2D eigenvalue weighted by Gasteiger charge is -2.08. The topological polar surface area (TPSA) is 54.4 Å². The molecule has 0 saturated carbocycles. The van der Waals surface area contributed by atoms with E-state index in [0.717, 1.165) is 6.07 Å². The van der Waals surface area contributed by atoms with E-state index in [4.69, 9.17) is 16.7 Å². The van der Waals surface area contributed by atoms with Crippen molar-refractivity contribution in [2.75, 3.05) is 0 Å². The monoisotopic (exact) mass is 258 g/mol. The number of rotatable bonds is 4. The second kappa shape index (κ2) is 5.27. The fourth-order valence-corrected chi connectivity index (χ4v) is 1.66. The summed E-state index contributed by atoms with van der Waals surface area (Å²) >= 11 is 5.82. The molecule has 1 aromatic rings. The van der Waals surface area contributed by atoms with Gasteiger partial charge in [-0.1, -0.05) is 18.5 Å². The van der Waals surface area contributed by atoms with Crippen LogP contribution in [0.25, 0.3) is 0 Å². The molecule has 1 unspecified atom stereocenters. The van der Waals surface area contributed by atoms with Crippen LogP contribution in [-0.4, -0.2) is 16.9 Å². The molecule has 92 valence electrons. The minimum Gasteiger partial charge on any atom is -0.481 e. The third-order valence-corrected chi connectivity index (χ3v) is 2.77. The van der Waals surface area contributed by atoms with E-state index >= 15 is 0 Å². The van der Waals surface area contributed by atoms with Crippen LogP contribution in [0.4, 0.5) is 4.39 Å². The van der Waals surface area contributed by atoms with Gasteiger partial charge in [0, 0.05) is 12.0 Å². The van der Waals surface area contributed by atoms with Gasteiger partial charge in [0.1, 0.15) is 5.82 Å². The van der Waals surface area contributed by atoms with Crippen LogP contribution in [-0.2, 0) is 4.79 Å². The van der Waals surface area contributed by atoms with E-state index in [0.29, 0.717) is 5.56 Å². The number of aliphatic carboxylic acids is 1. The number of carbonyl (C=O) groups excluding carboxylic acids is 1. The molecule has 0 aliphatic heterocycles. The highest BCUT2D eigenvalue weighted by atomic mass is 35.5. The summed E-state index contributed by atoms with van der Waals surface area (Å²) in [6, 6.07) is 2.41. The van der Waals surface area contributed by atoms with Crippen molar-refractivity contribution in [3.8, 4) is 0 Å². The lowest BCUT2D eigenvalue weighted by atomic mass is 9.99. The van der Waals surface area contributed by atoms with Gasteiger partial charge >= 0.3 is 5.97 Å². The molecule has 17 heavy (non-hydrogen) atoms. The Morgan fingerprint density at radius 3 is 2.59 bits per heavy atom. The van der Waals surface area contributed by atoms with Crippen molar-refractivity contribution in [3.05, 3.63) is 34.1 Å². The molecule has 0 radical (unpaired) electrons. The van der Waals surface area contributed by atoms with Gasteiger partial charge in [-0.3, -0.25) is 9.59 Å². The lowest BCUT2D eigenvalue weighted by molar-refractivity contribution is -0.141. The maximum Gasteiger partial charge on any atom is 0.306 e. The van der Waals surface area contributed by atoms with Gasteiger partial charge in [0.15, 0.2) is 5.78 Å². The van der Waals surface area contributed by atoms with Gasteiger partial charge in [-0.05, 0) is 24.6 Å². The fraction of sp³-hybridized carbons (Fsp3) is 0.333. The summed E-state index contributed by atoms with van der Waals surface area (Å²) in [5.74, 6) is -2.88. The smallest absolute Gasteiger partial charge is 0.306 e. The van der Waals surface area contributed by atoms with Gasteiger partial charge in [0.2, 0.25) is 0 Å². The summed E-state index contributed by atoms with van der Waals surface area (Å²) < 4.78 is 13.3.